The Bertz CT molecular complexity index is 703. The average Bonchev–Trinajstić information content (AvgIpc) is 3.15. The first kappa shape index (κ1) is 21.1. The number of fused-ring (bicyclic) bond motifs is 2. The third-order valence-electron chi connectivity index (χ3n) is 8.73. The van der Waals surface area contributed by atoms with Crippen LogP contribution < -0.4 is 0 Å². The molecule has 0 radical (unpaired) electrons. The van der Waals surface area contributed by atoms with E-state index in [0.29, 0.717) is 12.8 Å². The molecular weight excluding hydrogens is 372 g/mol. The van der Waals surface area contributed by atoms with Gasteiger partial charge in [-0.05, 0) is 43.4 Å². The molecule has 0 aromatic carbocycles. The number of hydrogen-bond donors (Lipinski definition) is 0. The van der Waals surface area contributed by atoms with Crippen molar-refractivity contribution in [2.75, 3.05) is 7.11 Å². The van der Waals surface area contributed by atoms with Crippen LogP contribution in [-0.4, -0.2) is 42.6 Å². The van der Waals surface area contributed by atoms with Crippen LogP contribution in [-0.2, 0) is 28.5 Å². The van der Waals surface area contributed by atoms with Crippen molar-refractivity contribution in [3.05, 3.63) is 0 Å². The zero-order valence-electron chi connectivity index (χ0n) is 18.7. The second-order valence-corrected chi connectivity index (χ2v) is 10.8. The topological polar surface area (TPSA) is 71.1 Å². The molecule has 7 atom stereocenters. The van der Waals surface area contributed by atoms with Crippen LogP contribution >= 0.6 is 0 Å². The van der Waals surface area contributed by atoms with E-state index in [2.05, 4.69) is 27.7 Å². The van der Waals surface area contributed by atoms with Crippen LogP contribution in [0.3, 0.4) is 0 Å². The highest BCUT2D eigenvalue weighted by molar-refractivity contribution is 5.82. The third kappa shape index (κ3) is 2.88. The van der Waals surface area contributed by atoms with E-state index in [1.807, 2.05) is 0 Å². The summed E-state index contributed by atoms with van der Waals surface area (Å²) in [6.07, 6.45) is 5.30. The molecule has 2 spiro atoms. The number of carbonyl (C=O) groups is 2. The third-order valence-corrected chi connectivity index (χ3v) is 8.73. The minimum Gasteiger partial charge on any atom is -0.462 e. The normalized spacial score (nSPS) is 48.6. The maximum atomic E-state index is 12.8. The van der Waals surface area contributed by atoms with Gasteiger partial charge < -0.3 is 18.9 Å². The van der Waals surface area contributed by atoms with Crippen molar-refractivity contribution in [1.29, 1.82) is 0 Å². The van der Waals surface area contributed by atoms with E-state index >= 15 is 0 Å². The first-order valence-corrected chi connectivity index (χ1v) is 11.1. The minimum absolute atomic E-state index is 0.0324. The van der Waals surface area contributed by atoms with Crippen LogP contribution in [0.15, 0.2) is 0 Å². The van der Waals surface area contributed by atoms with E-state index in [-0.39, 0.29) is 40.7 Å². The summed E-state index contributed by atoms with van der Waals surface area (Å²) in [4.78, 5) is 24.7. The van der Waals surface area contributed by atoms with E-state index in [4.69, 9.17) is 18.9 Å². The molecule has 4 fully saturated rings. The van der Waals surface area contributed by atoms with Crippen LogP contribution in [0.2, 0.25) is 0 Å². The van der Waals surface area contributed by atoms with Crippen LogP contribution in [0.25, 0.3) is 0 Å². The Labute approximate surface area is 174 Å². The number of hydrogen-bond acceptors (Lipinski definition) is 6. The molecule has 2 saturated carbocycles. The lowest BCUT2D eigenvalue weighted by atomic mass is 9.43. The van der Waals surface area contributed by atoms with E-state index in [0.717, 1.165) is 32.1 Å². The molecule has 4 rings (SSSR count). The SMILES string of the molecule is COC1CC2(CCC3(O2)C(C)CC(OC(C)=O)C2C(C)(C)CCCC23C)C(=O)O1. The van der Waals surface area contributed by atoms with Gasteiger partial charge in [0.15, 0.2) is 5.60 Å². The van der Waals surface area contributed by atoms with E-state index in [1.54, 1.807) is 7.11 Å². The quantitative estimate of drug-likeness (QED) is 0.643. The molecule has 4 aliphatic rings. The predicted octanol–water partition coefficient (Wildman–Crippen LogP) is 4.00. The molecule has 6 nitrogen and oxygen atoms in total. The largest absolute Gasteiger partial charge is 0.462 e. The fraction of sp³-hybridized carbons (Fsp3) is 0.913. The van der Waals surface area contributed by atoms with Crippen molar-refractivity contribution in [2.24, 2.45) is 22.7 Å². The van der Waals surface area contributed by atoms with Gasteiger partial charge in [-0.3, -0.25) is 4.79 Å². The van der Waals surface area contributed by atoms with Gasteiger partial charge in [-0.2, -0.15) is 0 Å². The van der Waals surface area contributed by atoms with Gasteiger partial charge in [0, 0.05) is 25.4 Å². The predicted molar refractivity (Wildman–Crippen MR) is 106 cm³/mol. The lowest BCUT2D eigenvalue weighted by molar-refractivity contribution is -0.270. The molecule has 2 aliphatic heterocycles. The highest BCUT2D eigenvalue weighted by Crippen LogP contribution is 2.68. The van der Waals surface area contributed by atoms with Crippen molar-refractivity contribution < 1.29 is 28.5 Å². The molecule has 29 heavy (non-hydrogen) atoms. The van der Waals surface area contributed by atoms with Gasteiger partial charge in [-0.25, -0.2) is 4.79 Å². The number of rotatable bonds is 2. The zero-order valence-corrected chi connectivity index (χ0v) is 18.7. The molecule has 164 valence electrons. The summed E-state index contributed by atoms with van der Waals surface area (Å²) in [6, 6.07) is 0. The first-order valence-electron chi connectivity index (χ1n) is 11.1. The number of cyclic esters (lactones) is 1. The Balaban J connectivity index is 1.75. The molecule has 0 aromatic heterocycles. The first-order chi connectivity index (χ1) is 13.5. The van der Waals surface area contributed by atoms with Gasteiger partial charge >= 0.3 is 11.9 Å². The van der Waals surface area contributed by atoms with Crippen molar-refractivity contribution in [2.45, 2.75) is 103 Å². The number of ether oxygens (including phenoxy) is 4. The van der Waals surface area contributed by atoms with E-state index < -0.39 is 17.5 Å². The summed E-state index contributed by atoms with van der Waals surface area (Å²) < 4.78 is 23.6. The van der Waals surface area contributed by atoms with Crippen LogP contribution in [0.4, 0.5) is 0 Å². The highest BCUT2D eigenvalue weighted by atomic mass is 16.7. The molecule has 2 heterocycles. The van der Waals surface area contributed by atoms with E-state index in [9.17, 15) is 9.59 Å². The maximum absolute atomic E-state index is 12.8. The fourth-order valence-electron chi connectivity index (χ4n) is 7.67. The lowest BCUT2D eigenvalue weighted by Gasteiger charge is -2.65. The van der Waals surface area contributed by atoms with Crippen LogP contribution in [0.5, 0.6) is 0 Å². The Kier molecular flexibility index (Phi) is 4.86. The van der Waals surface area contributed by atoms with Crippen molar-refractivity contribution in [3.8, 4) is 0 Å². The Morgan fingerprint density at radius 1 is 1.14 bits per heavy atom. The fourth-order valence-corrected chi connectivity index (χ4v) is 7.67. The van der Waals surface area contributed by atoms with Gasteiger partial charge in [-0.15, -0.1) is 0 Å². The summed E-state index contributed by atoms with van der Waals surface area (Å²) >= 11 is 0. The molecule has 0 aromatic rings. The number of carbonyl (C=O) groups excluding carboxylic acids is 2. The van der Waals surface area contributed by atoms with E-state index in [1.165, 1.54) is 6.92 Å². The van der Waals surface area contributed by atoms with Crippen molar-refractivity contribution in [1.82, 2.24) is 0 Å². The molecule has 0 N–H and O–H groups in total. The molecule has 0 bridgehead atoms. The molecule has 0 amide bonds. The Hall–Kier alpha value is -1.14. The second kappa shape index (κ2) is 6.68. The van der Waals surface area contributed by atoms with Gasteiger partial charge in [0.2, 0.25) is 6.29 Å². The lowest BCUT2D eigenvalue weighted by Crippen LogP contribution is -2.67. The van der Waals surface area contributed by atoms with Gasteiger partial charge in [0.1, 0.15) is 6.10 Å². The van der Waals surface area contributed by atoms with Gasteiger partial charge in [-0.1, -0.05) is 34.1 Å². The van der Waals surface area contributed by atoms with Crippen molar-refractivity contribution in [3.63, 3.8) is 0 Å². The Morgan fingerprint density at radius 3 is 2.48 bits per heavy atom. The van der Waals surface area contributed by atoms with Crippen LogP contribution in [0, 0.1) is 22.7 Å². The zero-order chi connectivity index (χ0) is 21.2. The van der Waals surface area contributed by atoms with Gasteiger partial charge in [0.25, 0.3) is 0 Å². The molecule has 7 unspecified atom stereocenters. The summed E-state index contributed by atoms with van der Waals surface area (Å²) in [5.41, 5.74) is -1.47. The average molecular weight is 409 g/mol. The standard InChI is InChI=1S/C23H36O6/c1-14-12-16(27-15(2)24)18-20(3,4)8-7-9-21(18,5)23(14)11-10-22(29-23)13-17(26-6)28-19(22)25/h14,16-18H,7-13H2,1-6H3. The highest BCUT2D eigenvalue weighted by Gasteiger charge is 2.72. The summed E-state index contributed by atoms with van der Waals surface area (Å²) in [5.74, 6) is -0.135. The minimum atomic E-state index is -0.904. The molecule has 2 aliphatic carbocycles. The maximum Gasteiger partial charge on any atom is 0.340 e. The Morgan fingerprint density at radius 2 is 1.86 bits per heavy atom. The number of methoxy groups -OCH3 is 1. The monoisotopic (exact) mass is 408 g/mol. The molecule has 6 heteroatoms. The second-order valence-electron chi connectivity index (χ2n) is 10.8. The van der Waals surface area contributed by atoms with Crippen molar-refractivity contribution >= 4 is 11.9 Å². The smallest absolute Gasteiger partial charge is 0.340 e. The molecule has 2 saturated heterocycles. The van der Waals surface area contributed by atoms with Gasteiger partial charge in [0.05, 0.1) is 12.0 Å². The van der Waals surface area contributed by atoms with Crippen LogP contribution in [0.1, 0.15) is 79.6 Å². The molecular formula is C23H36O6. The summed E-state index contributed by atoms with van der Waals surface area (Å²) in [7, 11) is 1.57. The summed E-state index contributed by atoms with van der Waals surface area (Å²) in [6.45, 7) is 10.6. The summed E-state index contributed by atoms with van der Waals surface area (Å²) in [5, 5.41) is 0. The number of esters is 2.